The summed E-state index contributed by atoms with van der Waals surface area (Å²) in [4.78, 5) is 14.6. The van der Waals surface area contributed by atoms with E-state index < -0.39 is 0 Å². The fourth-order valence-electron chi connectivity index (χ4n) is 2.62. The molecule has 0 amide bonds. The van der Waals surface area contributed by atoms with E-state index in [1.165, 1.54) is 0 Å². The number of halogens is 1. The minimum atomic E-state index is -0.143. The maximum atomic E-state index is 12.4. The number of aliphatic hydroxyl groups is 1. The Hall–Kier alpha value is -0.900. The fraction of sp³-hybridized carbons (Fsp3) is 0.533. The van der Waals surface area contributed by atoms with Gasteiger partial charge >= 0.3 is 0 Å². The van der Waals surface area contributed by atoms with E-state index in [0.717, 1.165) is 25.9 Å². The number of likely N-dealkylation sites (tertiary alicyclic amines) is 1. The van der Waals surface area contributed by atoms with Gasteiger partial charge in [-0.1, -0.05) is 11.6 Å². The second-order valence-electron chi connectivity index (χ2n) is 5.23. The van der Waals surface area contributed by atoms with Crippen LogP contribution in [-0.2, 0) is 0 Å². The van der Waals surface area contributed by atoms with Crippen LogP contribution >= 0.6 is 11.6 Å². The highest BCUT2D eigenvalue weighted by molar-refractivity contribution is 6.30. The summed E-state index contributed by atoms with van der Waals surface area (Å²) in [5, 5.41) is 9.89. The Bertz CT molecular complexity index is 432. The molecule has 1 heterocycles. The minimum Gasteiger partial charge on any atom is -0.396 e. The topological polar surface area (TPSA) is 40.5 Å². The average molecular weight is 282 g/mol. The number of rotatable bonds is 4. The molecule has 0 radical (unpaired) electrons. The van der Waals surface area contributed by atoms with E-state index in [-0.39, 0.29) is 18.4 Å². The summed E-state index contributed by atoms with van der Waals surface area (Å²) in [6.45, 7) is 3.88. The van der Waals surface area contributed by atoms with Crippen molar-refractivity contribution >= 4 is 17.4 Å². The molecule has 2 unspecified atom stereocenters. The zero-order valence-corrected chi connectivity index (χ0v) is 11.9. The third-order valence-electron chi connectivity index (χ3n) is 3.86. The Balaban J connectivity index is 2.04. The van der Waals surface area contributed by atoms with Crippen LogP contribution in [0.15, 0.2) is 24.3 Å². The predicted octanol–water partition coefficient (Wildman–Crippen LogP) is 2.62. The normalized spacial score (nSPS) is 22.2. The molecule has 1 saturated heterocycles. The molecule has 0 spiro atoms. The quantitative estimate of drug-likeness (QED) is 0.863. The molecule has 1 fully saturated rings. The average Bonchev–Trinajstić information content (AvgIpc) is 2.46. The number of carbonyl (C=O) groups is 1. The minimum absolute atomic E-state index is 0.121. The summed E-state index contributed by atoms with van der Waals surface area (Å²) in [5.41, 5.74) is 0.697. The van der Waals surface area contributed by atoms with Gasteiger partial charge in [-0.3, -0.25) is 9.69 Å². The highest BCUT2D eigenvalue weighted by Crippen LogP contribution is 2.20. The lowest BCUT2D eigenvalue weighted by Crippen LogP contribution is -2.45. The largest absolute Gasteiger partial charge is 0.396 e. The summed E-state index contributed by atoms with van der Waals surface area (Å²) < 4.78 is 0. The second-order valence-corrected chi connectivity index (χ2v) is 5.67. The van der Waals surface area contributed by atoms with Crippen molar-refractivity contribution in [3.05, 3.63) is 34.9 Å². The maximum absolute atomic E-state index is 12.4. The summed E-state index contributed by atoms with van der Waals surface area (Å²) in [6.07, 6.45) is 2.10. The molecular formula is C15H20ClNO2. The summed E-state index contributed by atoms with van der Waals surface area (Å²) in [7, 11) is 0. The molecule has 2 rings (SSSR count). The first kappa shape index (κ1) is 14.5. The summed E-state index contributed by atoms with van der Waals surface area (Å²) >= 11 is 5.83. The molecule has 1 aliphatic heterocycles. The van der Waals surface area contributed by atoms with Crippen LogP contribution in [0.5, 0.6) is 0 Å². The van der Waals surface area contributed by atoms with Crippen LogP contribution in [0.3, 0.4) is 0 Å². The zero-order chi connectivity index (χ0) is 13.8. The van der Waals surface area contributed by atoms with Gasteiger partial charge in [0.15, 0.2) is 5.78 Å². The summed E-state index contributed by atoms with van der Waals surface area (Å²) in [6, 6.07) is 6.89. The Morgan fingerprint density at radius 1 is 1.47 bits per heavy atom. The molecule has 1 aromatic rings. The van der Waals surface area contributed by atoms with Crippen molar-refractivity contribution in [2.45, 2.75) is 25.8 Å². The molecule has 1 aromatic carbocycles. The summed E-state index contributed by atoms with van der Waals surface area (Å²) in [5.74, 6) is 0.421. The van der Waals surface area contributed by atoms with E-state index in [1.54, 1.807) is 24.3 Å². The van der Waals surface area contributed by atoms with E-state index in [9.17, 15) is 9.90 Å². The third kappa shape index (κ3) is 3.56. The fourth-order valence-corrected chi connectivity index (χ4v) is 2.75. The molecule has 19 heavy (non-hydrogen) atoms. The molecule has 4 heteroatoms. The van der Waals surface area contributed by atoms with Gasteiger partial charge in [0.2, 0.25) is 0 Å². The number of carbonyl (C=O) groups excluding carboxylic acids is 1. The highest BCUT2D eigenvalue weighted by atomic mass is 35.5. The standard InChI is InChI=1S/C15H20ClNO2/c1-11(17-8-2-3-12(9-17)10-18)15(19)13-4-6-14(16)7-5-13/h4-7,11-12,18H,2-3,8-10H2,1H3. The van der Waals surface area contributed by atoms with E-state index in [0.29, 0.717) is 16.5 Å². The van der Waals surface area contributed by atoms with E-state index in [2.05, 4.69) is 4.90 Å². The number of ketones is 1. The number of nitrogens with zero attached hydrogens (tertiary/aromatic N) is 1. The first-order chi connectivity index (χ1) is 9.11. The first-order valence-electron chi connectivity index (χ1n) is 6.76. The van der Waals surface area contributed by atoms with Crippen molar-refractivity contribution in [2.75, 3.05) is 19.7 Å². The predicted molar refractivity (Wildman–Crippen MR) is 76.6 cm³/mol. The van der Waals surface area contributed by atoms with Crippen molar-refractivity contribution in [3.8, 4) is 0 Å². The van der Waals surface area contributed by atoms with E-state index >= 15 is 0 Å². The molecule has 1 aliphatic rings. The van der Waals surface area contributed by atoms with Gasteiger partial charge in [-0.2, -0.15) is 0 Å². The van der Waals surface area contributed by atoms with Gasteiger partial charge in [0, 0.05) is 23.7 Å². The molecule has 104 valence electrons. The lowest BCUT2D eigenvalue weighted by Gasteiger charge is -2.35. The molecule has 2 atom stereocenters. The molecule has 3 nitrogen and oxygen atoms in total. The lowest BCUT2D eigenvalue weighted by atomic mass is 9.95. The van der Waals surface area contributed by atoms with Crippen LogP contribution in [-0.4, -0.2) is 41.5 Å². The third-order valence-corrected chi connectivity index (χ3v) is 4.12. The maximum Gasteiger partial charge on any atom is 0.179 e. The number of aliphatic hydroxyl groups excluding tert-OH is 1. The Morgan fingerprint density at radius 3 is 2.79 bits per heavy atom. The van der Waals surface area contributed by atoms with Crippen molar-refractivity contribution in [3.63, 3.8) is 0 Å². The van der Waals surface area contributed by atoms with Crippen molar-refractivity contribution in [1.82, 2.24) is 4.90 Å². The smallest absolute Gasteiger partial charge is 0.179 e. The lowest BCUT2D eigenvalue weighted by molar-refractivity contribution is 0.0673. The van der Waals surface area contributed by atoms with Gasteiger partial charge in [-0.05, 0) is 56.5 Å². The Morgan fingerprint density at radius 2 is 2.16 bits per heavy atom. The molecule has 1 N–H and O–H groups in total. The SMILES string of the molecule is CC(C(=O)c1ccc(Cl)cc1)N1CCCC(CO)C1. The van der Waals surface area contributed by atoms with Crippen molar-refractivity contribution in [1.29, 1.82) is 0 Å². The Labute approximate surface area is 119 Å². The Kier molecular flexibility index (Phi) is 4.97. The highest BCUT2D eigenvalue weighted by Gasteiger charge is 2.27. The van der Waals surface area contributed by atoms with Gasteiger partial charge in [-0.15, -0.1) is 0 Å². The number of Topliss-reactive ketones (excluding diaryl/α,β-unsaturated/α-hetero) is 1. The number of hydrogen-bond donors (Lipinski definition) is 1. The van der Waals surface area contributed by atoms with Crippen LogP contribution < -0.4 is 0 Å². The van der Waals surface area contributed by atoms with Gasteiger partial charge in [-0.25, -0.2) is 0 Å². The van der Waals surface area contributed by atoms with Crippen LogP contribution in [0.25, 0.3) is 0 Å². The second kappa shape index (κ2) is 6.51. The van der Waals surface area contributed by atoms with Crippen LogP contribution in [0, 0.1) is 5.92 Å². The molecule has 0 aliphatic carbocycles. The van der Waals surface area contributed by atoms with Gasteiger partial charge in [0.1, 0.15) is 0 Å². The van der Waals surface area contributed by atoms with Crippen molar-refractivity contribution in [2.24, 2.45) is 5.92 Å². The molecular weight excluding hydrogens is 262 g/mol. The van der Waals surface area contributed by atoms with E-state index in [1.807, 2.05) is 6.92 Å². The number of benzene rings is 1. The van der Waals surface area contributed by atoms with Gasteiger partial charge < -0.3 is 5.11 Å². The first-order valence-corrected chi connectivity index (χ1v) is 7.14. The monoisotopic (exact) mass is 281 g/mol. The van der Waals surface area contributed by atoms with Crippen LogP contribution in [0.4, 0.5) is 0 Å². The van der Waals surface area contributed by atoms with Crippen LogP contribution in [0.1, 0.15) is 30.1 Å². The zero-order valence-electron chi connectivity index (χ0n) is 11.2. The number of piperidine rings is 1. The van der Waals surface area contributed by atoms with Crippen LogP contribution in [0.2, 0.25) is 5.02 Å². The number of hydrogen-bond acceptors (Lipinski definition) is 3. The van der Waals surface area contributed by atoms with E-state index in [4.69, 9.17) is 11.6 Å². The van der Waals surface area contributed by atoms with Crippen molar-refractivity contribution < 1.29 is 9.90 Å². The van der Waals surface area contributed by atoms with Gasteiger partial charge in [0.05, 0.1) is 6.04 Å². The molecule has 0 bridgehead atoms. The molecule has 0 aromatic heterocycles. The molecule has 0 saturated carbocycles. The van der Waals surface area contributed by atoms with Gasteiger partial charge in [0.25, 0.3) is 0 Å².